The number of rotatable bonds is 8. The molecule has 0 spiro atoms. The Morgan fingerprint density at radius 3 is 1.12 bits per heavy atom. The third-order valence-corrected chi connectivity index (χ3v) is 21.0. The summed E-state index contributed by atoms with van der Waals surface area (Å²) in [7, 11) is 0. The van der Waals surface area contributed by atoms with Crippen molar-refractivity contribution in [2.75, 3.05) is 0 Å². The van der Waals surface area contributed by atoms with E-state index in [1.165, 1.54) is 56.7 Å². The maximum atomic E-state index is 6.25. The van der Waals surface area contributed by atoms with Crippen molar-refractivity contribution in [2.24, 2.45) is 0 Å². The maximum Gasteiger partial charge on any atom is 0.162 e. The molecule has 0 bridgehead atoms. The average molecular weight is 1260 g/mol. The van der Waals surface area contributed by atoms with Crippen LogP contribution < -0.4 is 0 Å². The summed E-state index contributed by atoms with van der Waals surface area (Å²) in [6.45, 7) is 0. The lowest BCUT2D eigenvalue weighted by Crippen LogP contribution is -1.91. The Morgan fingerprint density at radius 1 is 0.229 bits per heavy atom. The van der Waals surface area contributed by atoms with Crippen molar-refractivity contribution in [2.45, 2.75) is 0 Å². The van der Waals surface area contributed by atoms with Gasteiger partial charge in [-0.2, -0.15) is 0 Å². The van der Waals surface area contributed by atoms with Gasteiger partial charge in [-0.15, -0.1) is 22.7 Å². The lowest BCUT2D eigenvalue weighted by molar-refractivity contribution is 0.669. The molecule has 8 nitrogen and oxygen atoms in total. The molecule has 20 aromatic rings. The van der Waals surface area contributed by atoms with Gasteiger partial charge in [-0.1, -0.05) is 200 Å². The van der Waals surface area contributed by atoms with Gasteiger partial charge in [-0.25, -0.2) is 19.9 Å². The van der Waals surface area contributed by atoms with Gasteiger partial charge < -0.3 is 8.83 Å². The Bertz CT molecular complexity index is 6060. The first-order chi connectivity index (χ1) is 47.6. The first-order valence-electron chi connectivity index (χ1n) is 31.8. The normalized spacial score (nSPS) is 11.8. The van der Waals surface area contributed by atoms with Crippen LogP contribution >= 0.6 is 22.7 Å². The zero-order valence-electron chi connectivity index (χ0n) is 51.2. The van der Waals surface area contributed by atoms with Crippen LogP contribution in [0.2, 0.25) is 0 Å². The largest absolute Gasteiger partial charge is 0.455 e. The van der Waals surface area contributed by atoms with Crippen molar-refractivity contribution in [3.8, 4) is 89.8 Å². The molecular weight excluding hydrogens is 1210 g/mol. The summed E-state index contributed by atoms with van der Waals surface area (Å²) in [5.41, 5.74) is 18.0. The van der Waals surface area contributed by atoms with E-state index in [0.29, 0.717) is 5.82 Å². The Kier molecular flexibility index (Phi) is 13.1. The van der Waals surface area contributed by atoms with E-state index >= 15 is 0 Å². The Morgan fingerprint density at radius 2 is 0.604 bits per heavy atom. The smallest absolute Gasteiger partial charge is 0.162 e. The molecule has 96 heavy (non-hydrogen) atoms. The van der Waals surface area contributed by atoms with Gasteiger partial charge in [0.2, 0.25) is 0 Å². The second-order valence-electron chi connectivity index (χ2n) is 24.1. The summed E-state index contributed by atoms with van der Waals surface area (Å²) in [6, 6.07) is 93.2. The van der Waals surface area contributed by atoms with E-state index in [0.717, 1.165) is 133 Å². The van der Waals surface area contributed by atoms with Crippen molar-refractivity contribution in [3.05, 3.63) is 304 Å². The quantitative estimate of drug-likeness (QED) is 0.148. The topological polar surface area (TPSA) is 104 Å². The van der Waals surface area contributed by atoms with Gasteiger partial charge in [0.25, 0.3) is 0 Å². The molecule has 0 N–H and O–H groups in total. The summed E-state index contributed by atoms with van der Waals surface area (Å²) < 4.78 is 17.6. The molecule has 20 rings (SSSR count). The van der Waals surface area contributed by atoms with E-state index < -0.39 is 0 Å². The minimum Gasteiger partial charge on any atom is -0.455 e. The molecule has 0 atom stereocenters. The van der Waals surface area contributed by atoms with E-state index in [9.17, 15) is 0 Å². The van der Waals surface area contributed by atoms with Gasteiger partial charge in [0.05, 0.1) is 17.0 Å². The molecular formula is C86H50N6O2S2. The number of nitrogens with zero attached hydrogens (tertiary/aromatic N) is 6. The number of benzene rings is 12. The molecule has 0 saturated heterocycles. The van der Waals surface area contributed by atoms with E-state index in [-0.39, 0.29) is 0 Å². The fourth-order valence-corrected chi connectivity index (χ4v) is 16.3. The summed E-state index contributed by atoms with van der Waals surface area (Å²) in [6.07, 6.45) is 11.6. The van der Waals surface area contributed by atoms with E-state index in [1.54, 1.807) is 11.3 Å². The third kappa shape index (κ3) is 9.41. The van der Waals surface area contributed by atoms with Gasteiger partial charge in [0, 0.05) is 138 Å². The van der Waals surface area contributed by atoms with Crippen LogP contribution in [0.1, 0.15) is 0 Å². The predicted octanol–water partition coefficient (Wildman–Crippen LogP) is 23.9. The highest BCUT2D eigenvalue weighted by atomic mass is 32.1. The van der Waals surface area contributed by atoms with Crippen molar-refractivity contribution in [3.63, 3.8) is 0 Å². The van der Waals surface area contributed by atoms with Gasteiger partial charge in [0.1, 0.15) is 22.3 Å². The second kappa shape index (κ2) is 22.7. The fourth-order valence-electron chi connectivity index (χ4n) is 13.8. The molecule has 8 heterocycles. The zero-order valence-corrected chi connectivity index (χ0v) is 52.8. The van der Waals surface area contributed by atoms with Gasteiger partial charge >= 0.3 is 0 Å². The molecule has 448 valence electrons. The van der Waals surface area contributed by atoms with Crippen LogP contribution in [0.5, 0.6) is 0 Å². The number of thiophene rings is 2. The highest BCUT2D eigenvalue weighted by molar-refractivity contribution is 7.26. The number of pyridine rings is 2. The number of aromatic nitrogens is 6. The molecule has 10 heteroatoms. The minimum absolute atomic E-state index is 0.637. The molecule has 0 radical (unpaired) electrons. The van der Waals surface area contributed by atoms with Crippen molar-refractivity contribution < 1.29 is 8.83 Å². The lowest BCUT2D eigenvalue weighted by Gasteiger charge is -2.10. The highest BCUT2D eigenvalue weighted by Gasteiger charge is 2.19. The molecule has 0 aliphatic rings. The Hall–Kier alpha value is -12.3. The van der Waals surface area contributed by atoms with Crippen molar-refractivity contribution >= 4 is 128 Å². The molecule has 0 fully saturated rings. The first kappa shape index (κ1) is 55.3. The number of hydrogen-bond donors (Lipinski definition) is 0. The summed E-state index contributed by atoms with van der Waals surface area (Å²) in [5, 5.41) is 14.1. The SMILES string of the molecule is c1cc(-c2cnc(-c3cccc4c3oc3ccccc34)nc2)c2ccc(-c3ccc(-c4cccc5c4oc4ccccc45)nc3)cc2c1.c1cc(-c2cnc(-c3cccc4c3sc3ccccc34)nc2)c2ccc(-c3ccc(-c4cccc5c4sc4ccccc45)nc3)cc2c1. The molecule has 0 aliphatic carbocycles. The molecule has 0 aliphatic heterocycles. The van der Waals surface area contributed by atoms with Gasteiger partial charge in [-0.3, -0.25) is 9.97 Å². The average Bonchev–Trinajstić information content (AvgIpc) is 1.52. The van der Waals surface area contributed by atoms with Gasteiger partial charge in [0.15, 0.2) is 11.6 Å². The van der Waals surface area contributed by atoms with Crippen LogP contribution in [0.3, 0.4) is 0 Å². The maximum absolute atomic E-state index is 6.25. The van der Waals surface area contributed by atoms with Crippen LogP contribution in [-0.2, 0) is 0 Å². The number of para-hydroxylation sites is 4. The minimum atomic E-state index is 0.637. The monoisotopic (exact) mass is 1260 g/mol. The number of fused-ring (bicyclic) bond motifs is 14. The lowest BCUT2D eigenvalue weighted by atomic mass is 9.96. The predicted molar refractivity (Wildman–Crippen MR) is 398 cm³/mol. The second-order valence-corrected chi connectivity index (χ2v) is 26.2. The zero-order chi connectivity index (χ0) is 63.2. The van der Waals surface area contributed by atoms with Crippen LogP contribution in [-0.4, -0.2) is 29.9 Å². The molecule has 12 aromatic carbocycles. The third-order valence-electron chi connectivity index (χ3n) is 18.5. The number of hydrogen-bond acceptors (Lipinski definition) is 10. The molecule has 8 aromatic heterocycles. The van der Waals surface area contributed by atoms with Crippen molar-refractivity contribution in [1.29, 1.82) is 0 Å². The number of furan rings is 2. The summed E-state index contributed by atoms with van der Waals surface area (Å²) in [5.74, 6) is 1.39. The Labute approximate surface area is 557 Å². The van der Waals surface area contributed by atoms with Crippen LogP contribution in [0, 0.1) is 0 Å². The van der Waals surface area contributed by atoms with E-state index in [4.69, 9.17) is 38.7 Å². The van der Waals surface area contributed by atoms with Crippen LogP contribution in [0.25, 0.3) is 196 Å². The van der Waals surface area contributed by atoms with E-state index in [2.05, 4.69) is 218 Å². The fraction of sp³-hybridized carbons (Fsp3) is 0. The van der Waals surface area contributed by atoms with Crippen molar-refractivity contribution in [1.82, 2.24) is 29.9 Å². The highest BCUT2D eigenvalue weighted by Crippen LogP contribution is 2.44. The molecule has 0 amide bonds. The van der Waals surface area contributed by atoms with Gasteiger partial charge in [-0.05, 0) is 111 Å². The molecule has 0 saturated carbocycles. The summed E-state index contributed by atoms with van der Waals surface area (Å²) in [4.78, 5) is 29.1. The van der Waals surface area contributed by atoms with E-state index in [1.807, 2.05) is 97.0 Å². The van der Waals surface area contributed by atoms with Crippen LogP contribution in [0.15, 0.2) is 313 Å². The molecule has 0 unspecified atom stereocenters. The Balaban J connectivity index is 0.000000135. The first-order valence-corrected chi connectivity index (χ1v) is 33.5. The summed E-state index contributed by atoms with van der Waals surface area (Å²) >= 11 is 3.64. The van der Waals surface area contributed by atoms with Crippen LogP contribution in [0.4, 0.5) is 0 Å². The standard InChI is InChI=1S/C43H25N3O2.C43H25N3S2/c2*1-3-16-39-32(9-1)34-12-6-14-36(41(34)47-39)38-21-19-28(23-44-38)26-18-20-31-27(22-26)8-5-11-30(31)29-24-45-43(46-25-29)37-15-7-13-35-33-10-2-4-17-40(33)48-42(35)37/h2*1-25H.